The molecule has 0 amide bonds. The molecule has 3 atom stereocenters. The Kier molecular flexibility index (Phi) is 3.48. The summed E-state index contributed by atoms with van der Waals surface area (Å²) in [5, 5.41) is 9.10. The van der Waals surface area contributed by atoms with Gasteiger partial charge in [0.2, 0.25) is 0 Å². The molecule has 2 aromatic carbocycles. The van der Waals surface area contributed by atoms with Crippen LogP contribution < -0.4 is 0 Å². The molecule has 5 heteroatoms. The lowest BCUT2D eigenvalue weighted by molar-refractivity contribution is 0.593. The molecule has 1 aliphatic carbocycles. The number of sulfone groups is 1. The second-order valence-corrected chi connectivity index (χ2v) is 7.60. The second-order valence-electron chi connectivity index (χ2n) is 5.06. The fourth-order valence-corrected chi connectivity index (χ4v) is 4.99. The smallest absolute Gasteiger partial charge is 0.183 e. The largest absolute Gasteiger partial charge is 0.223 e. The summed E-state index contributed by atoms with van der Waals surface area (Å²) in [7, 11) is -3.50. The highest BCUT2D eigenvalue weighted by molar-refractivity contribution is 7.92. The summed E-state index contributed by atoms with van der Waals surface area (Å²) >= 11 is 5.95. The van der Waals surface area contributed by atoms with Crippen molar-refractivity contribution >= 4 is 21.4 Å². The molecule has 3 unspecified atom stereocenters. The van der Waals surface area contributed by atoms with E-state index in [-0.39, 0.29) is 10.8 Å². The molecular weight excluding hydrogens is 306 g/mol. The van der Waals surface area contributed by atoms with Crippen LogP contribution in [0.15, 0.2) is 59.5 Å². The molecule has 2 aromatic rings. The van der Waals surface area contributed by atoms with Gasteiger partial charge < -0.3 is 0 Å². The predicted octanol–water partition coefficient (Wildman–Crippen LogP) is 3.42. The van der Waals surface area contributed by atoms with Gasteiger partial charge in [0.05, 0.1) is 22.1 Å². The summed E-state index contributed by atoms with van der Waals surface area (Å²) < 4.78 is 25.3. The molecule has 0 saturated heterocycles. The average molecular weight is 318 g/mol. The van der Waals surface area contributed by atoms with Crippen molar-refractivity contribution in [1.29, 1.82) is 5.26 Å². The number of hydrogen-bond donors (Lipinski definition) is 0. The van der Waals surface area contributed by atoms with E-state index in [1.165, 1.54) is 0 Å². The van der Waals surface area contributed by atoms with E-state index in [0.717, 1.165) is 5.56 Å². The van der Waals surface area contributed by atoms with Crippen molar-refractivity contribution in [1.82, 2.24) is 0 Å². The zero-order valence-corrected chi connectivity index (χ0v) is 12.6. The van der Waals surface area contributed by atoms with Gasteiger partial charge in [-0.2, -0.15) is 5.26 Å². The van der Waals surface area contributed by atoms with Gasteiger partial charge in [0, 0.05) is 10.9 Å². The molecule has 21 heavy (non-hydrogen) atoms. The molecule has 1 saturated carbocycles. The molecule has 0 aliphatic heterocycles. The van der Waals surface area contributed by atoms with Crippen LogP contribution in [0.25, 0.3) is 0 Å². The summed E-state index contributed by atoms with van der Waals surface area (Å²) in [4.78, 5) is 0.264. The Labute approximate surface area is 128 Å². The lowest BCUT2D eigenvalue weighted by Gasteiger charge is -2.04. The monoisotopic (exact) mass is 317 g/mol. The summed E-state index contributed by atoms with van der Waals surface area (Å²) in [5.74, 6) is -0.826. The van der Waals surface area contributed by atoms with Crippen LogP contribution in [0, 0.1) is 17.2 Å². The molecule has 106 valence electrons. The summed E-state index contributed by atoms with van der Waals surface area (Å²) in [5.41, 5.74) is 0.804. The van der Waals surface area contributed by atoms with Crippen molar-refractivity contribution in [3.8, 4) is 6.07 Å². The highest BCUT2D eigenvalue weighted by atomic mass is 35.5. The number of nitriles is 1. The average Bonchev–Trinajstić information content (AvgIpc) is 3.23. The van der Waals surface area contributed by atoms with Gasteiger partial charge in [-0.05, 0) is 29.8 Å². The van der Waals surface area contributed by atoms with Crippen molar-refractivity contribution in [2.75, 3.05) is 0 Å². The Morgan fingerprint density at radius 2 is 1.76 bits per heavy atom. The highest BCUT2D eigenvalue weighted by Gasteiger charge is 2.59. The Balaban J connectivity index is 1.99. The van der Waals surface area contributed by atoms with E-state index in [1.807, 2.05) is 6.07 Å². The summed E-state index contributed by atoms with van der Waals surface area (Å²) in [6, 6.07) is 17.4. The van der Waals surface area contributed by atoms with E-state index in [4.69, 9.17) is 11.6 Å². The summed E-state index contributed by atoms with van der Waals surface area (Å²) in [6.07, 6.45) is 0. The third kappa shape index (κ3) is 2.44. The van der Waals surface area contributed by atoms with Crippen LogP contribution in [0.2, 0.25) is 5.02 Å². The molecule has 0 bridgehead atoms. The van der Waals surface area contributed by atoms with Crippen LogP contribution in [-0.2, 0) is 9.84 Å². The number of rotatable bonds is 3. The van der Waals surface area contributed by atoms with E-state index >= 15 is 0 Å². The van der Waals surface area contributed by atoms with Gasteiger partial charge in [-0.25, -0.2) is 8.42 Å². The molecule has 1 aliphatic rings. The van der Waals surface area contributed by atoms with Crippen LogP contribution >= 0.6 is 11.6 Å². The minimum absolute atomic E-state index is 0.264. The first kappa shape index (κ1) is 14.1. The van der Waals surface area contributed by atoms with E-state index in [1.54, 1.807) is 48.5 Å². The second kappa shape index (κ2) is 5.18. The van der Waals surface area contributed by atoms with Crippen LogP contribution in [0.5, 0.6) is 0 Å². The lowest BCUT2D eigenvalue weighted by atomic mass is 10.1. The van der Waals surface area contributed by atoms with Gasteiger partial charge >= 0.3 is 0 Å². The lowest BCUT2D eigenvalue weighted by Crippen LogP contribution is -2.10. The van der Waals surface area contributed by atoms with Crippen molar-refractivity contribution in [3.63, 3.8) is 0 Å². The standard InChI is InChI=1S/C16H12ClNO2S/c17-12-6-4-5-11(9-12)15-14(10-18)16(15)21(19,20)13-7-2-1-3-8-13/h1-9,14-16H. The summed E-state index contributed by atoms with van der Waals surface area (Å²) in [6.45, 7) is 0. The van der Waals surface area contributed by atoms with E-state index in [2.05, 4.69) is 6.07 Å². The maximum Gasteiger partial charge on any atom is 0.183 e. The van der Waals surface area contributed by atoms with Gasteiger partial charge in [-0.1, -0.05) is 41.9 Å². The van der Waals surface area contributed by atoms with E-state index in [9.17, 15) is 13.7 Å². The molecule has 0 spiro atoms. The van der Waals surface area contributed by atoms with Crippen molar-refractivity contribution in [2.24, 2.45) is 5.92 Å². The quantitative estimate of drug-likeness (QED) is 0.871. The first-order chi connectivity index (χ1) is 10.1. The van der Waals surface area contributed by atoms with E-state index < -0.39 is 21.0 Å². The topological polar surface area (TPSA) is 57.9 Å². The first-order valence-corrected chi connectivity index (χ1v) is 8.42. The first-order valence-electron chi connectivity index (χ1n) is 6.50. The Morgan fingerprint density at radius 1 is 1.05 bits per heavy atom. The maximum absolute atomic E-state index is 12.6. The van der Waals surface area contributed by atoms with Crippen LogP contribution in [0.4, 0.5) is 0 Å². The maximum atomic E-state index is 12.6. The van der Waals surface area contributed by atoms with Gasteiger partial charge in [-0.15, -0.1) is 0 Å². The van der Waals surface area contributed by atoms with Gasteiger partial charge in [0.1, 0.15) is 0 Å². The number of halogens is 1. The molecule has 0 heterocycles. The van der Waals surface area contributed by atoms with Crippen molar-refractivity contribution in [3.05, 3.63) is 65.2 Å². The molecule has 0 N–H and O–H groups in total. The Hall–Kier alpha value is -1.83. The molecule has 3 rings (SSSR count). The highest BCUT2D eigenvalue weighted by Crippen LogP contribution is 2.53. The molecular formula is C16H12ClNO2S. The van der Waals surface area contributed by atoms with Crippen LogP contribution in [-0.4, -0.2) is 13.7 Å². The van der Waals surface area contributed by atoms with Crippen molar-refractivity contribution in [2.45, 2.75) is 16.1 Å². The van der Waals surface area contributed by atoms with Gasteiger partial charge in [-0.3, -0.25) is 0 Å². The predicted molar refractivity (Wildman–Crippen MR) is 80.7 cm³/mol. The minimum atomic E-state index is -3.50. The SMILES string of the molecule is N#CC1C(c2cccc(Cl)c2)C1S(=O)(=O)c1ccccc1. The molecule has 0 aromatic heterocycles. The number of benzene rings is 2. The van der Waals surface area contributed by atoms with E-state index in [0.29, 0.717) is 5.02 Å². The third-order valence-corrected chi connectivity index (χ3v) is 6.23. The molecule has 3 nitrogen and oxygen atoms in total. The Morgan fingerprint density at radius 3 is 2.38 bits per heavy atom. The van der Waals surface area contributed by atoms with Crippen molar-refractivity contribution < 1.29 is 8.42 Å². The Bertz CT molecular complexity index is 812. The van der Waals surface area contributed by atoms with Gasteiger partial charge in [0.15, 0.2) is 9.84 Å². The molecule has 0 radical (unpaired) electrons. The normalized spacial score (nSPS) is 24.3. The zero-order valence-electron chi connectivity index (χ0n) is 11.0. The number of nitrogens with zero attached hydrogens (tertiary/aromatic N) is 1. The fraction of sp³-hybridized carbons (Fsp3) is 0.188. The molecule has 1 fully saturated rings. The minimum Gasteiger partial charge on any atom is -0.223 e. The van der Waals surface area contributed by atoms with Crippen LogP contribution in [0.3, 0.4) is 0 Å². The zero-order chi connectivity index (χ0) is 15.0. The third-order valence-electron chi connectivity index (χ3n) is 3.77. The van der Waals surface area contributed by atoms with Crippen LogP contribution in [0.1, 0.15) is 11.5 Å². The van der Waals surface area contributed by atoms with Gasteiger partial charge in [0.25, 0.3) is 0 Å². The number of hydrogen-bond acceptors (Lipinski definition) is 3. The fourth-order valence-electron chi connectivity index (χ4n) is 2.70.